The van der Waals surface area contributed by atoms with Gasteiger partial charge in [-0.25, -0.2) is 44.2 Å². The molecule has 7 amide bonds. The van der Waals surface area contributed by atoms with Crippen LogP contribution >= 0.6 is 0 Å². The number of carbonyl (C=O) groups excluding carboxylic acids is 7. The first kappa shape index (κ1) is 77.4. The van der Waals surface area contributed by atoms with Gasteiger partial charge in [-0.2, -0.15) is 0 Å². The van der Waals surface area contributed by atoms with Crippen molar-refractivity contribution in [2.75, 3.05) is 95.9 Å². The van der Waals surface area contributed by atoms with Gasteiger partial charge in [0.2, 0.25) is 65.5 Å². The Labute approximate surface area is 342 Å². The number of amides is 7. The Morgan fingerprint density at radius 2 is 0.614 bits per heavy atom. The molecule has 0 aromatic carbocycles. The second-order valence-electron chi connectivity index (χ2n) is 9.08. The molecule has 0 aromatic rings. The van der Waals surface area contributed by atoms with E-state index in [1.54, 1.807) is 49.2 Å². The molecule has 0 spiro atoms. The number of rotatable bonds is 6. The predicted octanol–water partition coefficient (Wildman–Crippen LogP) is -2.85. The van der Waals surface area contributed by atoms with Crippen LogP contribution in [0.1, 0.15) is 61.3 Å². The highest BCUT2D eigenvalue weighted by Gasteiger charge is 1.98. The molecule has 0 saturated carbocycles. The topological polar surface area (TPSA) is 351 Å². The number of ether oxygens (including phenoxy) is 1. The quantitative estimate of drug-likeness (QED) is 0.128. The SMILES string of the molecule is CCC(=O)NC.CCC(=O)NC.CCS(=O)(=O)NC.CNC(=O)OC.CNC(C)=O.CNC(C)=O.CNC(C)=O.CNC(C)=O.CNS(C)(=O)=O.CNS(C)(=O)=O. The molecule has 0 radical (unpaired) electrons. The molecule has 0 aliphatic rings. The summed E-state index contributed by atoms with van der Waals surface area (Å²) in [5, 5.41) is 16.8. The van der Waals surface area contributed by atoms with Crippen LogP contribution in [0.5, 0.6) is 0 Å². The maximum absolute atomic E-state index is 10.3. The number of carbonyl (C=O) groups is 7. The normalized spacial score (nSPS) is 8.63. The van der Waals surface area contributed by atoms with E-state index in [9.17, 15) is 58.8 Å². The minimum atomic E-state index is -2.91. The van der Waals surface area contributed by atoms with E-state index in [1.165, 1.54) is 63.0 Å². The van der Waals surface area contributed by atoms with Gasteiger partial charge in [0.15, 0.2) is 0 Å². The molecule has 0 aliphatic heterocycles. The van der Waals surface area contributed by atoms with Crippen LogP contribution in [-0.2, 0) is 63.6 Å². The Morgan fingerprint density at radius 1 is 0.421 bits per heavy atom. The predicted molar refractivity (Wildman–Crippen MR) is 225 cm³/mol. The molecule has 24 nitrogen and oxygen atoms in total. The highest BCUT2D eigenvalue weighted by atomic mass is 32.2. The van der Waals surface area contributed by atoms with Crippen molar-refractivity contribution in [2.45, 2.75) is 61.3 Å². The third kappa shape index (κ3) is 166. The van der Waals surface area contributed by atoms with Crippen LogP contribution in [0.4, 0.5) is 4.79 Å². The van der Waals surface area contributed by atoms with Crippen LogP contribution in [0.25, 0.3) is 0 Å². The van der Waals surface area contributed by atoms with Gasteiger partial charge in [-0.1, -0.05) is 13.8 Å². The molecular weight excluding hydrogens is 821 g/mol. The highest BCUT2D eigenvalue weighted by Crippen LogP contribution is 1.75. The molecule has 0 aromatic heterocycles. The number of nitrogens with one attached hydrogen (secondary N) is 10. The summed E-state index contributed by atoms with van der Waals surface area (Å²) in [6.07, 6.45) is 2.96. The van der Waals surface area contributed by atoms with E-state index in [0.717, 1.165) is 12.5 Å². The maximum atomic E-state index is 10.3. The van der Waals surface area contributed by atoms with Crippen molar-refractivity contribution in [3.63, 3.8) is 0 Å². The van der Waals surface area contributed by atoms with E-state index in [4.69, 9.17) is 0 Å². The lowest BCUT2D eigenvalue weighted by Crippen LogP contribution is -2.19. The van der Waals surface area contributed by atoms with Crippen molar-refractivity contribution in [1.82, 2.24) is 51.4 Å². The average molecular weight is 897 g/mol. The zero-order valence-corrected chi connectivity index (χ0v) is 40.0. The lowest BCUT2D eigenvalue weighted by molar-refractivity contribution is -0.121. The summed E-state index contributed by atoms with van der Waals surface area (Å²) >= 11 is 0. The lowest BCUT2D eigenvalue weighted by Gasteiger charge is -1.92. The minimum absolute atomic E-state index is 0.00463. The number of sulfonamides is 3. The molecule has 0 saturated heterocycles. The molecular formula is C30H76N10O14S3. The fourth-order valence-corrected chi connectivity index (χ4v) is 0.889. The van der Waals surface area contributed by atoms with Gasteiger partial charge in [0.05, 0.1) is 25.4 Å². The highest BCUT2D eigenvalue weighted by molar-refractivity contribution is 7.89. The van der Waals surface area contributed by atoms with E-state index in [-0.39, 0.29) is 41.2 Å². The third-order valence-corrected chi connectivity index (χ3v) is 7.30. The summed E-state index contributed by atoms with van der Waals surface area (Å²) in [7, 11) is 7.89. The van der Waals surface area contributed by atoms with E-state index in [1.807, 2.05) is 13.8 Å². The molecule has 0 heterocycles. The number of methoxy groups -OCH3 is 1. The van der Waals surface area contributed by atoms with Crippen LogP contribution in [0.3, 0.4) is 0 Å². The third-order valence-electron chi connectivity index (χ3n) is 4.43. The first-order valence-electron chi connectivity index (χ1n) is 16.3. The van der Waals surface area contributed by atoms with Crippen LogP contribution in [0.2, 0.25) is 0 Å². The standard InChI is InChI=1S/2C4H9NO.C3H9NO2S.C3H7NO2.4C3H7NO.2C2H7NO2S/c2*1-3-4(6)5-2;1-3-7(5,6)4-2;1-4-3(5)6-2;4*1-3(5)4-2;2*1-3-6(2,4)5/h2*3H2,1-2H3,(H,5,6);4H,3H2,1-2H3;1-2H3,(H,4,5);4*1-2H3,(H,4,5);2*3H,1-2H3. The number of alkyl carbamates (subject to hydrolysis) is 1. The second-order valence-corrected chi connectivity index (χ2v) is 15.2. The van der Waals surface area contributed by atoms with Gasteiger partial charge in [-0.05, 0) is 28.1 Å². The number of hydrogen-bond acceptors (Lipinski definition) is 14. The summed E-state index contributed by atoms with van der Waals surface area (Å²) < 4.78 is 70.5. The van der Waals surface area contributed by atoms with Crippen LogP contribution in [0, 0.1) is 0 Å². The van der Waals surface area contributed by atoms with Gasteiger partial charge >= 0.3 is 6.09 Å². The maximum Gasteiger partial charge on any atom is 0.406 e. The van der Waals surface area contributed by atoms with Gasteiger partial charge in [-0.3, -0.25) is 28.8 Å². The van der Waals surface area contributed by atoms with Crippen molar-refractivity contribution in [3.05, 3.63) is 0 Å². The van der Waals surface area contributed by atoms with Gasteiger partial charge in [0, 0.05) is 89.9 Å². The van der Waals surface area contributed by atoms with Crippen LogP contribution in [-0.4, -0.2) is 163 Å². The van der Waals surface area contributed by atoms with Crippen LogP contribution in [0.15, 0.2) is 0 Å². The minimum Gasteiger partial charge on any atom is -0.453 e. The zero-order chi connectivity index (χ0) is 48.4. The molecule has 348 valence electrons. The first-order valence-corrected chi connectivity index (χ1v) is 21.8. The number of hydrogen-bond donors (Lipinski definition) is 10. The fourth-order valence-electron chi connectivity index (χ4n) is 0.600. The van der Waals surface area contributed by atoms with E-state index in [2.05, 4.69) is 56.1 Å². The molecule has 0 rings (SSSR count). The van der Waals surface area contributed by atoms with Crippen molar-refractivity contribution in [1.29, 1.82) is 0 Å². The van der Waals surface area contributed by atoms with Crippen molar-refractivity contribution in [2.24, 2.45) is 0 Å². The molecule has 0 atom stereocenters. The monoisotopic (exact) mass is 896 g/mol. The van der Waals surface area contributed by atoms with Crippen molar-refractivity contribution < 1.29 is 63.6 Å². The molecule has 27 heteroatoms. The zero-order valence-electron chi connectivity index (χ0n) is 37.6. The molecule has 10 N–H and O–H groups in total. The van der Waals surface area contributed by atoms with E-state index >= 15 is 0 Å². The lowest BCUT2D eigenvalue weighted by atomic mass is 10.5. The molecule has 57 heavy (non-hydrogen) atoms. The van der Waals surface area contributed by atoms with Gasteiger partial charge in [0.25, 0.3) is 0 Å². The summed E-state index contributed by atoms with van der Waals surface area (Å²) in [5.41, 5.74) is 0. The Bertz CT molecular complexity index is 1180. The molecule has 0 aliphatic carbocycles. The average Bonchev–Trinajstić information content (AvgIpc) is 3.18. The molecule has 0 unspecified atom stereocenters. The van der Waals surface area contributed by atoms with E-state index in [0.29, 0.717) is 12.8 Å². The Balaban J connectivity index is -0.0000000539. The van der Waals surface area contributed by atoms with Crippen molar-refractivity contribution >= 4 is 71.6 Å². The van der Waals surface area contributed by atoms with Gasteiger partial charge in [0.1, 0.15) is 0 Å². The Kier molecular flexibility index (Phi) is 76.2. The summed E-state index contributed by atoms with van der Waals surface area (Å²) in [6, 6.07) is 0. The summed E-state index contributed by atoms with van der Waals surface area (Å²) in [6.45, 7) is 11.1. The van der Waals surface area contributed by atoms with Gasteiger partial charge in [-0.15, -0.1) is 0 Å². The van der Waals surface area contributed by atoms with Gasteiger partial charge < -0.3 is 42.0 Å². The largest absolute Gasteiger partial charge is 0.453 e. The summed E-state index contributed by atoms with van der Waals surface area (Å²) in [4.78, 5) is 68.8. The fraction of sp³-hybridized carbons (Fsp3) is 0.767. The summed E-state index contributed by atoms with van der Waals surface area (Å²) in [5.74, 6) is 0.360. The van der Waals surface area contributed by atoms with E-state index < -0.39 is 36.2 Å². The molecule has 0 fully saturated rings. The molecule has 0 bridgehead atoms. The van der Waals surface area contributed by atoms with Crippen LogP contribution < -0.4 is 51.4 Å². The smallest absolute Gasteiger partial charge is 0.406 e. The Morgan fingerprint density at radius 3 is 0.614 bits per heavy atom. The Hall–Kier alpha value is -4.18. The first-order chi connectivity index (χ1) is 25.7. The van der Waals surface area contributed by atoms with Crippen molar-refractivity contribution in [3.8, 4) is 0 Å². The second kappa shape index (κ2) is 56.2.